The van der Waals surface area contributed by atoms with Crippen molar-refractivity contribution in [3.05, 3.63) is 59.8 Å². The van der Waals surface area contributed by atoms with Crippen molar-refractivity contribution in [2.75, 3.05) is 5.75 Å². The van der Waals surface area contributed by atoms with Crippen molar-refractivity contribution in [1.82, 2.24) is 15.4 Å². The molecule has 0 saturated carbocycles. The van der Waals surface area contributed by atoms with Crippen molar-refractivity contribution >= 4 is 56.3 Å². The average molecular weight is 380 g/mol. The second-order valence-electron chi connectivity index (χ2n) is 5.74. The van der Waals surface area contributed by atoms with E-state index in [-0.39, 0.29) is 11.7 Å². The van der Waals surface area contributed by atoms with Crippen molar-refractivity contribution in [3.8, 4) is 0 Å². The molecule has 5 nitrogen and oxygen atoms in total. The standard InChI is InChI=1S/C19H16N4OS2/c1-12-14(13-6-2-3-7-15(13)21-12)10-20-23-18(24)11-25-19-22-16-8-4-5-9-17(16)26-19/h2-10,21H,11H2,1H3,(H,23,24)/b20-10-. The van der Waals surface area contributed by atoms with Crippen LogP contribution < -0.4 is 5.43 Å². The van der Waals surface area contributed by atoms with E-state index >= 15 is 0 Å². The van der Waals surface area contributed by atoms with Crippen LogP contribution in [-0.4, -0.2) is 27.8 Å². The van der Waals surface area contributed by atoms with Crippen LogP contribution in [0.1, 0.15) is 11.3 Å². The molecule has 0 saturated heterocycles. The first-order valence-electron chi connectivity index (χ1n) is 8.08. The molecule has 2 heterocycles. The van der Waals surface area contributed by atoms with Crippen molar-refractivity contribution in [1.29, 1.82) is 0 Å². The summed E-state index contributed by atoms with van der Waals surface area (Å²) < 4.78 is 2.01. The first kappa shape index (κ1) is 16.8. The Kier molecular flexibility index (Phi) is 4.73. The number of nitrogens with zero attached hydrogens (tertiary/aromatic N) is 2. The molecular formula is C19H16N4OS2. The number of rotatable bonds is 5. The molecule has 0 fully saturated rings. The number of hydrazone groups is 1. The smallest absolute Gasteiger partial charge is 0.250 e. The number of benzene rings is 2. The maximum Gasteiger partial charge on any atom is 0.250 e. The quantitative estimate of drug-likeness (QED) is 0.308. The highest BCUT2D eigenvalue weighted by Gasteiger charge is 2.08. The third-order valence-electron chi connectivity index (χ3n) is 3.93. The maximum atomic E-state index is 12.0. The monoisotopic (exact) mass is 380 g/mol. The molecule has 4 aromatic rings. The number of aromatic nitrogens is 2. The number of fused-ring (bicyclic) bond motifs is 2. The highest BCUT2D eigenvalue weighted by molar-refractivity contribution is 8.01. The summed E-state index contributed by atoms with van der Waals surface area (Å²) in [5.74, 6) is 0.132. The molecule has 0 spiro atoms. The van der Waals surface area contributed by atoms with Gasteiger partial charge in [-0.25, -0.2) is 10.4 Å². The van der Waals surface area contributed by atoms with E-state index in [0.717, 1.165) is 36.7 Å². The zero-order valence-electron chi connectivity index (χ0n) is 14.0. The number of hydrogen-bond donors (Lipinski definition) is 2. The van der Waals surface area contributed by atoms with Crippen LogP contribution in [-0.2, 0) is 4.79 Å². The molecule has 0 bridgehead atoms. The van der Waals surface area contributed by atoms with Gasteiger partial charge in [0.2, 0.25) is 0 Å². The summed E-state index contributed by atoms with van der Waals surface area (Å²) in [5.41, 5.74) is 6.62. The van der Waals surface area contributed by atoms with Gasteiger partial charge in [-0.1, -0.05) is 42.1 Å². The predicted octanol–water partition coefficient (Wildman–Crippen LogP) is 4.33. The number of thiazole rings is 1. The largest absolute Gasteiger partial charge is 0.358 e. The van der Waals surface area contributed by atoms with Crippen LogP contribution in [0.4, 0.5) is 0 Å². The molecule has 26 heavy (non-hydrogen) atoms. The zero-order valence-corrected chi connectivity index (χ0v) is 15.7. The highest BCUT2D eigenvalue weighted by atomic mass is 32.2. The fourth-order valence-electron chi connectivity index (χ4n) is 2.71. The molecule has 4 rings (SSSR count). The van der Waals surface area contributed by atoms with Gasteiger partial charge in [-0.2, -0.15) is 5.10 Å². The summed E-state index contributed by atoms with van der Waals surface area (Å²) in [6, 6.07) is 16.0. The Morgan fingerprint density at radius 2 is 2.08 bits per heavy atom. The van der Waals surface area contributed by atoms with Crippen molar-refractivity contribution in [2.24, 2.45) is 5.10 Å². The number of H-pyrrole nitrogens is 1. The Morgan fingerprint density at radius 3 is 2.96 bits per heavy atom. The van der Waals surface area contributed by atoms with Gasteiger partial charge in [0, 0.05) is 22.2 Å². The van der Waals surface area contributed by atoms with Gasteiger partial charge in [-0.3, -0.25) is 4.79 Å². The number of carbonyl (C=O) groups is 1. The first-order chi connectivity index (χ1) is 12.7. The molecule has 0 aliphatic rings. The summed E-state index contributed by atoms with van der Waals surface area (Å²) in [7, 11) is 0. The van der Waals surface area contributed by atoms with Crippen LogP contribution in [0.2, 0.25) is 0 Å². The number of aryl methyl sites for hydroxylation is 1. The minimum absolute atomic E-state index is 0.150. The second-order valence-corrected chi connectivity index (χ2v) is 7.99. The minimum Gasteiger partial charge on any atom is -0.358 e. The van der Waals surface area contributed by atoms with E-state index in [4.69, 9.17) is 0 Å². The Morgan fingerprint density at radius 1 is 1.27 bits per heavy atom. The summed E-state index contributed by atoms with van der Waals surface area (Å²) in [6.07, 6.45) is 1.69. The van der Waals surface area contributed by atoms with Gasteiger partial charge in [0.15, 0.2) is 4.34 Å². The fraction of sp³-hybridized carbons (Fsp3) is 0.105. The van der Waals surface area contributed by atoms with Gasteiger partial charge < -0.3 is 4.98 Å². The van der Waals surface area contributed by atoms with Crippen LogP contribution in [0.15, 0.2) is 58.0 Å². The lowest BCUT2D eigenvalue weighted by Crippen LogP contribution is -2.19. The highest BCUT2D eigenvalue weighted by Crippen LogP contribution is 2.29. The number of carbonyl (C=O) groups excluding carboxylic acids is 1. The predicted molar refractivity (Wildman–Crippen MR) is 109 cm³/mol. The molecular weight excluding hydrogens is 364 g/mol. The van der Waals surface area contributed by atoms with E-state index in [1.54, 1.807) is 17.6 Å². The van der Waals surface area contributed by atoms with Crippen LogP contribution in [0.25, 0.3) is 21.1 Å². The average Bonchev–Trinajstić information content (AvgIpc) is 3.20. The van der Waals surface area contributed by atoms with E-state index in [1.807, 2.05) is 55.5 Å². The Bertz CT molecular complexity index is 1080. The van der Waals surface area contributed by atoms with Gasteiger partial charge in [0.05, 0.1) is 22.2 Å². The Balaban J connectivity index is 1.37. The van der Waals surface area contributed by atoms with E-state index in [1.165, 1.54) is 11.8 Å². The lowest BCUT2D eigenvalue weighted by Gasteiger charge is -1.98. The Labute approximate surface area is 158 Å². The number of amides is 1. The summed E-state index contributed by atoms with van der Waals surface area (Å²) in [5, 5.41) is 5.19. The van der Waals surface area contributed by atoms with E-state index in [0.29, 0.717) is 0 Å². The first-order valence-corrected chi connectivity index (χ1v) is 9.88. The van der Waals surface area contributed by atoms with Gasteiger partial charge >= 0.3 is 0 Å². The zero-order chi connectivity index (χ0) is 17.9. The molecule has 0 unspecified atom stereocenters. The topological polar surface area (TPSA) is 70.1 Å². The van der Waals surface area contributed by atoms with Gasteiger partial charge in [0.1, 0.15) is 0 Å². The number of nitrogens with one attached hydrogen (secondary N) is 2. The number of hydrogen-bond acceptors (Lipinski definition) is 5. The summed E-state index contributed by atoms with van der Waals surface area (Å²) in [4.78, 5) is 19.9. The van der Waals surface area contributed by atoms with Crippen molar-refractivity contribution in [3.63, 3.8) is 0 Å². The molecule has 2 aromatic heterocycles. The van der Waals surface area contributed by atoms with E-state index in [9.17, 15) is 4.79 Å². The SMILES string of the molecule is Cc1[nH]c2ccccc2c1/C=N\NC(=O)CSc1nc2ccccc2s1. The molecule has 2 N–H and O–H groups in total. The van der Waals surface area contributed by atoms with Crippen LogP contribution >= 0.6 is 23.1 Å². The third-order valence-corrected chi connectivity index (χ3v) is 6.11. The van der Waals surface area contributed by atoms with Crippen LogP contribution in [0, 0.1) is 6.92 Å². The number of para-hydroxylation sites is 2. The van der Waals surface area contributed by atoms with Crippen molar-refractivity contribution in [2.45, 2.75) is 11.3 Å². The summed E-state index contributed by atoms with van der Waals surface area (Å²) >= 11 is 3.02. The molecule has 7 heteroatoms. The summed E-state index contributed by atoms with van der Waals surface area (Å²) in [6.45, 7) is 1.99. The van der Waals surface area contributed by atoms with E-state index in [2.05, 4.69) is 20.5 Å². The van der Waals surface area contributed by atoms with Crippen LogP contribution in [0.5, 0.6) is 0 Å². The number of aromatic amines is 1. The molecule has 0 atom stereocenters. The Hall–Kier alpha value is -2.64. The maximum absolute atomic E-state index is 12.0. The lowest BCUT2D eigenvalue weighted by atomic mass is 10.1. The molecule has 0 aliphatic carbocycles. The fourth-order valence-corrected chi connectivity index (χ4v) is 4.57. The normalized spacial score (nSPS) is 11.6. The molecule has 1 amide bonds. The molecule has 130 valence electrons. The molecule has 2 aromatic carbocycles. The number of thioether (sulfide) groups is 1. The molecule has 0 radical (unpaired) electrons. The van der Waals surface area contributed by atoms with Gasteiger partial charge in [-0.15, -0.1) is 11.3 Å². The van der Waals surface area contributed by atoms with Gasteiger partial charge in [-0.05, 0) is 25.1 Å². The lowest BCUT2D eigenvalue weighted by molar-refractivity contribution is -0.118. The minimum atomic E-state index is -0.150. The molecule has 0 aliphatic heterocycles. The van der Waals surface area contributed by atoms with E-state index < -0.39 is 0 Å². The third kappa shape index (κ3) is 3.49. The van der Waals surface area contributed by atoms with Crippen molar-refractivity contribution < 1.29 is 4.79 Å². The van der Waals surface area contributed by atoms with Gasteiger partial charge in [0.25, 0.3) is 5.91 Å². The second kappa shape index (κ2) is 7.31. The van der Waals surface area contributed by atoms with Crippen LogP contribution in [0.3, 0.4) is 0 Å².